The van der Waals surface area contributed by atoms with Gasteiger partial charge in [0, 0.05) is 23.7 Å². The Morgan fingerprint density at radius 1 is 1.24 bits per heavy atom. The van der Waals surface area contributed by atoms with E-state index in [2.05, 4.69) is 9.71 Å². The number of aryl methyl sites for hydroxylation is 1. The third kappa shape index (κ3) is 6.21. The quantitative estimate of drug-likeness (QED) is 0.434. The average molecular weight is 493 g/mol. The van der Waals surface area contributed by atoms with Crippen LogP contribution in [0.25, 0.3) is 0 Å². The minimum absolute atomic E-state index is 0.0439. The molecule has 1 atom stereocenters. The molecule has 2 aromatic carbocycles. The fourth-order valence-corrected chi connectivity index (χ4v) is 4.48. The van der Waals surface area contributed by atoms with Crippen molar-refractivity contribution in [2.24, 2.45) is 0 Å². The Kier molecular flexibility index (Phi) is 7.55. The van der Waals surface area contributed by atoms with E-state index in [1.807, 2.05) is 0 Å². The summed E-state index contributed by atoms with van der Waals surface area (Å²) in [7, 11) is -4.16. The Hall–Kier alpha value is -3.17. The molecule has 33 heavy (non-hydrogen) atoms. The summed E-state index contributed by atoms with van der Waals surface area (Å²) in [4.78, 5) is 15.0. The molecule has 0 unspecified atom stereocenters. The van der Waals surface area contributed by atoms with E-state index in [-0.39, 0.29) is 40.6 Å². The molecule has 7 nitrogen and oxygen atoms in total. The molecule has 174 valence electrons. The lowest BCUT2D eigenvalue weighted by Crippen LogP contribution is -2.18. The Morgan fingerprint density at radius 2 is 1.94 bits per heavy atom. The van der Waals surface area contributed by atoms with E-state index in [4.69, 9.17) is 21.4 Å². The van der Waals surface area contributed by atoms with Gasteiger partial charge in [0.2, 0.25) is 0 Å². The van der Waals surface area contributed by atoms with Crippen LogP contribution in [0.3, 0.4) is 0 Å². The number of aromatic carboxylic acids is 1. The number of hydrogen-bond donors (Lipinski definition) is 2. The van der Waals surface area contributed by atoms with Gasteiger partial charge in [-0.15, -0.1) is 0 Å². The van der Waals surface area contributed by atoms with Gasteiger partial charge < -0.3 is 9.84 Å². The van der Waals surface area contributed by atoms with Crippen LogP contribution in [-0.4, -0.2) is 30.6 Å². The minimum atomic E-state index is -4.16. The summed E-state index contributed by atoms with van der Waals surface area (Å²) in [5.74, 6) is -0.867. The Balaban J connectivity index is 1.89. The zero-order chi connectivity index (χ0) is 24.2. The number of sulfonamides is 1. The normalized spacial score (nSPS) is 12.2. The number of pyridine rings is 1. The van der Waals surface area contributed by atoms with Crippen molar-refractivity contribution in [1.82, 2.24) is 4.98 Å². The topological polar surface area (TPSA) is 106 Å². The van der Waals surface area contributed by atoms with Gasteiger partial charge in [-0.1, -0.05) is 29.8 Å². The predicted octanol–water partition coefficient (Wildman–Crippen LogP) is 5.02. The molecule has 10 heteroatoms. The van der Waals surface area contributed by atoms with Crippen LogP contribution in [-0.2, 0) is 23.1 Å². The highest BCUT2D eigenvalue weighted by Crippen LogP contribution is 2.33. The van der Waals surface area contributed by atoms with Crippen molar-refractivity contribution >= 4 is 33.3 Å². The Bertz CT molecular complexity index is 1260. The minimum Gasteiger partial charge on any atom is -0.487 e. The van der Waals surface area contributed by atoms with Crippen molar-refractivity contribution in [2.75, 3.05) is 4.72 Å². The fourth-order valence-electron chi connectivity index (χ4n) is 3.08. The summed E-state index contributed by atoms with van der Waals surface area (Å²) in [6.07, 6.45) is -0.0153. The number of carbonyl (C=O) groups is 1. The highest BCUT2D eigenvalue weighted by atomic mass is 35.5. The second-order valence-corrected chi connectivity index (χ2v) is 9.45. The van der Waals surface area contributed by atoms with Gasteiger partial charge in [0.25, 0.3) is 10.0 Å². The first-order valence-electron chi connectivity index (χ1n) is 9.93. The number of ether oxygens (including phenoxy) is 1. The van der Waals surface area contributed by atoms with Gasteiger partial charge in [-0.25, -0.2) is 14.2 Å². The number of carboxylic acid groups (broad SMARTS) is 1. The molecule has 3 rings (SSSR count). The third-order valence-electron chi connectivity index (χ3n) is 4.71. The first-order valence-corrected chi connectivity index (χ1v) is 11.8. The predicted molar refractivity (Wildman–Crippen MR) is 123 cm³/mol. The van der Waals surface area contributed by atoms with Crippen LogP contribution >= 0.6 is 11.6 Å². The SMILES string of the molecule is Cc1cc(NS(=O)(=O)c2ncccc2C[C@@H](C)F)c(OCc2ccc(C(=O)O)cc2)cc1Cl. The molecule has 3 aromatic rings. The first kappa shape index (κ1) is 24.5. The van der Waals surface area contributed by atoms with Crippen molar-refractivity contribution in [3.63, 3.8) is 0 Å². The number of carboxylic acids is 1. The molecular formula is C23H22ClFN2O5S. The van der Waals surface area contributed by atoms with Crippen molar-refractivity contribution in [1.29, 1.82) is 0 Å². The lowest BCUT2D eigenvalue weighted by molar-refractivity contribution is 0.0696. The van der Waals surface area contributed by atoms with Crippen LogP contribution < -0.4 is 9.46 Å². The average Bonchev–Trinajstić information content (AvgIpc) is 2.75. The van der Waals surface area contributed by atoms with Crippen molar-refractivity contribution < 1.29 is 27.4 Å². The summed E-state index contributed by atoms with van der Waals surface area (Å²) >= 11 is 6.22. The lowest BCUT2D eigenvalue weighted by Gasteiger charge is -2.16. The van der Waals surface area contributed by atoms with Gasteiger partial charge in [-0.05, 0) is 54.8 Å². The van der Waals surface area contributed by atoms with Gasteiger partial charge >= 0.3 is 5.97 Å². The zero-order valence-corrected chi connectivity index (χ0v) is 19.5. The fraction of sp³-hybridized carbons (Fsp3) is 0.217. The van der Waals surface area contributed by atoms with Crippen molar-refractivity contribution in [3.05, 3.63) is 82.0 Å². The number of hydrogen-bond acceptors (Lipinski definition) is 5. The zero-order valence-electron chi connectivity index (χ0n) is 17.9. The molecule has 0 amide bonds. The summed E-state index contributed by atoms with van der Waals surface area (Å²) in [5, 5.41) is 9.12. The number of alkyl halides is 1. The Morgan fingerprint density at radius 3 is 2.58 bits per heavy atom. The monoisotopic (exact) mass is 492 g/mol. The highest BCUT2D eigenvalue weighted by Gasteiger charge is 2.23. The number of rotatable bonds is 9. The molecule has 0 aliphatic carbocycles. The highest BCUT2D eigenvalue weighted by molar-refractivity contribution is 7.92. The summed E-state index contributed by atoms with van der Waals surface area (Å²) in [6, 6.07) is 12.2. The van der Waals surface area contributed by atoms with E-state index < -0.39 is 22.2 Å². The van der Waals surface area contributed by atoms with Gasteiger partial charge in [-0.3, -0.25) is 4.72 Å². The largest absolute Gasteiger partial charge is 0.487 e. The molecular weight excluding hydrogens is 471 g/mol. The maximum absolute atomic E-state index is 13.6. The summed E-state index contributed by atoms with van der Waals surface area (Å²) in [6.45, 7) is 3.10. The van der Waals surface area contributed by atoms with Gasteiger partial charge in [-0.2, -0.15) is 8.42 Å². The molecule has 0 bridgehead atoms. The van der Waals surface area contributed by atoms with E-state index >= 15 is 0 Å². The van der Waals surface area contributed by atoms with Crippen LogP contribution in [0.5, 0.6) is 5.75 Å². The summed E-state index contributed by atoms with van der Waals surface area (Å²) in [5.41, 5.74) is 1.83. The number of nitrogens with zero attached hydrogens (tertiary/aromatic N) is 1. The smallest absolute Gasteiger partial charge is 0.335 e. The van der Waals surface area contributed by atoms with E-state index in [0.717, 1.165) is 0 Å². The van der Waals surface area contributed by atoms with Crippen LogP contribution in [0.4, 0.5) is 10.1 Å². The van der Waals surface area contributed by atoms with E-state index in [9.17, 15) is 17.6 Å². The first-order chi connectivity index (χ1) is 15.6. The van der Waals surface area contributed by atoms with Crippen molar-refractivity contribution in [3.8, 4) is 5.75 Å². The van der Waals surface area contributed by atoms with Gasteiger partial charge in [0.15, 0.2) is 5.03 Å². The van der Waals surface area contributed by atoms with E-state index in [1.54, 1.807) is 25.1 Å². The van der Waals surface area contributed by atoms with Crippen molar-refractivity contribution in [2.45, 2.75) is 38.1 Å². The van der Waals surface area contributed by atoms with Crippen LogP contribution in [0, 0.1) is 6.92 Å². The second kappa shape index (κ2) is 10.2. The number of nitrogens with one attached hydrogen (secondary N) is 1. The standard InChI is InChI=1S/C23H22ClFN2O5S/c1-14-10-20(27-33(30,31)22-18(11-15(2)25)4-3-9-26-22)21(12-19(14)24)32-13-16-5-7-17(8-6-16)23(28)29/h3-10,12,15,27H,11,13H2,1-2H3,(H,28,29)/t15-/m1/s1. The van der Waals surface area contributed by atoms with E-state index in [1.165, 1.54) is 43.5 Å². The third-order valence-corrected chi connectivity index (χ3v) is 6.48. The molecule has 0 radical (unpaired) electrons. The van der Waals surface area contributed by atoms with Gasteiger partial charge in [0.05, 0.1) is 11.3 Å². The summed E-state index contributed by atoms with van der Waals surface area (Å²) < 4.78 is 48.0. The number of aromatic nitrogens is 1. The molecule has 1 heterocycles. The van der Waals surface area contributed by atoms with Crippen LogP contribution in [0.1, 0.15) is 34.0 Å². The maximum atomic E-state index is 13.6. The second-order valence-electron chi connectivity index (χ2n) is 7.45. The molecule has 0 spiro atoms. The number of halogens is 2. The molecule has 0 saturated carbocycles. The molecule has 0 aliphatic heterocycles. The Labute approximate surface area is 196 Å². The molecule has 0 saturated heterocycles. The number of benzene rings is 2. The van der Waals surface area contributed by atoms with Crippen LogP contribution in [0.2, 0.25) is 5.02 Å². The molecule has 1 aromatic heterocycles. The molecule has 0 fully saturated rings. The van der Waals surface area contributed by atoms with Crippen LogP contribution in [0.15, 0.2) is 59.8 Å². The van der Waals surface area contributed by atoms with Gasteiger partial charge in [0.1, 0.15) is 18.5 Å². The maximum Gasteiger partial charge on any atom is 0.335 e. The molecule has 2 N–H and O–H groups in total. The lowest BCUT2D eigenvalue weighted by atomic mass is 10.1. The number of anilines is 1. The van der Waals surface area contributed by atoms with E-state index in [0.29, 0.717) is 16.1 Å². The molecule has 0 aliphatic rings.